The van der Waals surface area contributed by atoms with E-state index >= 15 is 0 Å². The minimum Gasteiger partial charge on any atom is -0.283 e. The van der Waals surface area contributed by atoms with Crippen molar-refractivity contribution in [3.05, 3.63) is 4.91 Å². The smallest absolute Gasteiger partial charge is 0.132 e. The summed E-state index contributed by atoms with van der Waals surface area (Å²) in [6.07, 6.45) is 0. The van der Waals surface area contributed by atoms with Gasteiger partial charge in [0.1, 0.15) is 6.67 Å². The van der Waals surface area contributed by atoms with Crippen molar-refractivity contribution in [1.82, 2.24) is 5.32 Å². The van der Waals surface area contributed by atoms with E-state index in [1.807, 2.05) is 0 Å². The molecule has 0 aromatic heterocycles. The number of rotatable bonds is 3. The second kappa shape index (κ2) is 5.05. The van der Waals surface area contributed by atoms with E-state index in [-0.39, 0.29) is 13.2 Å². The normalized spacial score (nSPS) is 7.29. The second-order valence-corrected chi connectivity index (χ2v) is 0.872. The summed E-state index contributed by atoms with van der Waals surface area (Å²) in [6.45, 7) is 0.208. The molecule has 0 aromatic carbocycles. The quantitative estimate of drug-likeness (QED) is 0.303. The average Bonchev–Trinajstić information content (AvgIpc) is 1.69. The Balaban J connectivity index is 2.72. The Kier molecular flexibility index (Phi) is 4.36. The Morgan fingerprint density at radius 3 is 3.00 bits per heavy atom. The molecule has 0 saturated heterocycles. The molecule has 0 amide bonds. The van der Waals surface area contributed by atoms with Gasteiger partial charge in [0.2, 0.25) is 0 Å². The zero-order chi connectivity index (χ0) is 5.54. The summed E-state index contributed by atoms with van der Waals surface area (Å²) < 4.78 is 0. The monoisotopic (exact) mass is 99.0 g/mol. The Hall–Kier alpha value is -0.950. The predicted octanol–water partition coefficient (Wildman–Crippen LogP) is -0.177. The van der Waals surface area contributed by atoms with E-state index in [1.54, 1.807) is 6.07 Å². The van der Waals surface area contributed by atoms with Crippen molar-refractivity contribution in [2.24, 2.45) is 5.18 Å². The first-order chi connectivity index (χ1) is 3.41. The van der Waals surface area contributed by atoms with Gasteiger partial charge in [0, 0.05) is 0 Å². The van der Waals surface area contributed by atoms with Gasteiger partial charge in [-0.25, -0.2) is 0 Å². The van der Waals surface area contributed by atoms with Crippen molar-refractivity contribution >= 4 is 0 Å². The summed E-state index contributed by atoms with van der Waals surface area (Å²) in [5.41, 5.74) is 0. The first kappa shape index (κ1) is 6.05. The van der Waals surface area contributed by atoms with Gasteiger partial charge in [0.25, 0.3) is 0 Å². The van der Waals surface area contributed by atoms with Gasteiger partial charge < -0.3 is 0 Å². The van der Waals surface area contributed by atoms with E-state index < -0.39 is 0 Å². The van der Waals surface area contributed by atoms with Crippen LogP contribution in [0.5, 0.6) is 0 Å². The molecule has 0 heterocycles. The van der Waals surface area contributed by atoms with Crippen LogP contribution in [0.2, 0.25) is 0 Å². The van der Waals surface area contributed by atoms with Gasteiger partial charge in [-0.15, -0.1) is 4.91 Å². The molecule has 0 bridgehead atoms. The maximum Gasteiger partial charge on any atom is 0.132 e. The van der Waals surface area contributed by atoms with E-state index in [2.05, 4.69) is 10.5 Å². The number of nitroso groups, excluding NO2 is 1. The lowest BCUT2D eigenvalue weighted by atomic mass is 10.7. The fourth-order valence-corrected chi connectivity index (χ4v) is 0.157. The average molecular weight is 99.1 g/mol. The van der Waals surface area contributed by atoms with Gasteiger partial charge in [-0.2, -0.15) is 5.26 Å². The summed E-state index contributed by atoms with van der Waals surface area (Å²) in [6, 6.07) is 1.79. The van der Waals surface area contributed by atoms with Crippen molar-refractivity contribution in [2.45, 2.75) is 0 Å². The van der Waals surface area contributed by atoms with E-state index in [9.17, 15) is 4.91 Å². The first-order valence-corrected chi connectivity index (χ1v) is 1.78. The topological polar surface area (TPSA) is 65.2 Å². The third-order valence-electron chi connectivity index (χ3n) is 0.380. The van der Waals surface area contributed by atoms with E-state index in [0.717, 1.165) is 0 Å². The van der Waals surface area contributed by atoms with Gasteiger partial charge in [0.05, 0.1) is 12.6 Å². The lowest BCUT2D eigenvalue weighted by Crippen LogP contribution is -2.12. The zero-order valence-electron chi connectivity index (χ0n) is 3.72. The summed E-state index contributed by atoms with van der Waals surface area (Å²) in [5.74, 6) is 0. The fraction of sp³-hybridized carbons (Fsp3) is 0.667. The molecular weight excluding hydrogens is 94.1 g/mol. The maximum atomic E-state index is 9.26. The summed E-state index contributed by atoms with van der Waals surface area (Å²) in [7, 11) is 0. The molecule has 0 unspecified atom stereocenters. The minimum atomic E-state index is 0.0214. The molecule has 0 aliphatic heterocycles. The second-order valence-electron chi connectivity index (χ2n) is 0.872. The van der Waals surface area contributed by atoms with Crippen LogP contribution in [0.4, 0.5) is 0 Å². The maximum absolute atomic E-state index is 9.26. The van der Waals surface area contributed by atoms with Crippen molar-refractivity contribution in [2.75, 3.05) is 13.2 Å². The fourth-order valence-electron chi connectivity index (χ4n) is 0.157. The van der Waals surface area contributed by atoms with Crippen molar-refractivity contribution in [3.63, 3.8) is 0 Å². The number of nitriles is 1. The highest BCUT2D eigenvalue weighted by molar-refractivity contribution is 4.71. The minimum absolute atomic E-state index is 0.0214. The molecule has 0 saturated carbocycles. The molecule has 0 aromatic rings. The number of hydrogen-bond acceptors (Lipinski definition) is 4. The van der Waals surface area contributed by atoms with Gasteiger partial charge in [0.15, 0.2) is 0 Å². The zero-order valence-corrected chi connectivity index (χ0v) is 3.72. The first-order valence-electron chi connectivity index (χ1n) is 1.78. The van der Waals surface area contributed by atoms with Crippen LogP contribution in [0.25, 0.3) is 0 Å². The van der Waals surface area contributed by atoms with Crippen LogP contribution < -0.4 is 5.32 Å². The standard InChI is InChI=1S/C3H5N3O/c4-1-2-5-3-6-7/h5H,2-3H2. The molecule has 38 valence electrons. The highest BCUT2D eigenvalue weighted by atomic mass is 16.3. The Labute approximate surface area is 41.1 Å². The SMILES string of the molecule is N#CCNCN=O. The van der Waals surface area contributed by atoms with Crippen LogP contribution >= 0.6 is 0 Å². The molecule has 4 nitrogen and oxygen atoms in total. The highest BCUT2D eigenvalue weighted by Gasteiger charge is 1.75. The molecule has 0 rings (SSSR count). The van der Waals surface area contributed by atoms with E-state index in [4.69, 9.17) is 5.26 Å². The Morgan fingerprint density at radius 1 is 1.86 bits per heavy atom. The number of nitrogens with one attached hydrogen (secondary N) is 1. The van der Waals surface area contributed by atoms with Gasteiger partial charge in [-0.05, 0) is 0 Å². The molecule has 7 heavy (non-hydrogen) atoms. The summed E-state index contributed by atoms with van der Waals surface area (Å²) in [5, 5.41) is 12.7. The molecule has 0 spiro atoms. The summed E-state index contributed by atoms with van der Waals surface area (Å²) >= 11 is 0. The van der Waals surface area contributed by atoms with E-state index in [0.29, 0.717) is 0 Å². The molecule has 0 aliphatic carbocycles. The molecule has 1 N–H and O–H groups in total. The van der Waals surface area contributed by atoms with Crippen LogP contribution in [0.1, 0.15) is 0 Å². The highest BCUT2D eigenvalue weighted by Crippen LogP contribution is 1.55. The molecule has 0 atom stereocenters. The van der Waals surface area contributed by atoms with Crippen LogP contribution in [-0.2, 0) is 0 Å². The third-order valence-corrected chi connectivity index (χ3v) is 0.380. The largest absolute Gasteiger partial charge is 0.283 e. The van der Waals surface area contributed by atoms with Crippen molar-refractivity contribution in [3.8, 4) is 6.07 Å². The summed E-state index contributed by atoms with van der Waals surface area (Å²) in [4.78, 5) is 9.26. The van der Waals surface area contributed by atoms with Crippen molar-refractivity contribution < 1.29 is 0 Å². The van der Waals surface area contributed by atoms with Crippen LogP contribution in [-0.4, -0.2) is 13.2 Å². The molecule has 0 radical (unpaired) electrons. The van der Waals surface area contributed by atoms with Gasteiger partial charge in [-0.3, -0.25) is 5.32 Å². The number of hydrogen-bond donors (Lipinski definition) is 1. The van der Waals surface area contributed by atoms with Crippen LogP contribution in [0, 0.1) is 16.2 Å². The molecular formula is C3H5N3O. The van der Waals surface area contributed by atoms with Crippen LogP contribution in [0.3, 0.4) is 0 Å². The third kappa shape index (κ3) is 5.05. The van der Waals surface area contributed by atoms with Gasteiger partial charge >= 0.3 is 0 Å². The lowest BCUT2D eigenvalue weighted by molar-refractivity contribution is 0.778. The Bertz CT molecular complexity index is 84.7. The van der Waals surface area contributed by atoms with Crippen LogP contribution in [0.15, 0.2) is 5.18 Å². The predicted molar refractivity (Wildman–Crippen MR) is 24.3 cm³/mol. The molecule has 0 aliphatic rings. The van der Waals surface area contributed by atoms with Crippen molar-refractivity contribution in [1.29, 1.82) is 5.26 Å². The number of nitrogens with zero attached hydrogens (tertiary/aromatic N) is 2. The molecule has 0 fully saturated rings. The van der Waals surface area contributed by atoms with Gasteiger partial charge in [-0.1, -0.05) is 5.18 Å². The molecule has 4 heteroatoms. The lowest BCUT2D eigenvalue weighted by Gasteiger charge is -1.82. The van der Waals surface area contributed by atoms with E-state index in [1.165, 1.54) is 0 Å². The Morgan fingerprint density at radius 2 is 2.57 bits per heavy atom.